The van der Waals surface area contributed by atoms with Gasteiger partial charge in [-0.2, -0.15) is 5.26 Å². The van der Waals surface area contributed by atoms with Gasteiger partial charge in [-0.3, -0.25) is 4.79 Å². The molecule has 0 saturated carbocycles. The third kappa shape index (κ3) is 4.17. The van der Waals surface area contributed by atoms with Crippen LogP contribution in [0.1, 0.15) is 5.56 Å². The highest BCUT2D eigenvalue weighted by Crippen LogP contribution is 2.24. The average molecular weight is 356 g/mol. The Morgan fingerprint density at radius 3 is 2.04 bits per heavy atom. The first kappa shape index (κ1) is 17.8. The van der Waals surface area contributed by atoms with Crippen molar-refractivity contribution in [2.24, 2.45) is 0 Å². The number of carbonyl (C=O) groups is 1. The van der Waals surface area contributed by atoms with Gasteiger partial charge in [0.25, 0.3) is 5.91 Å². The Labute approximate surface area is 157 Å². The second-order valence-corrected chi connectivity index (χ2v) is 5.46. The van der Waals surface area contributed by atoms with Crippen molar-refractivity contribution in [1.82, 2.24) is 9.97 Å². The predicted molar refractivity (Wildman–Crippen MR) is 102 cm³/mol. The Balaban J connectivity index is 2.01. The molecular weight excluding hydrogens is 340 g/mol. The van der Waals surface area contributed by atoms with Crippen LogP contribution in [0.25, 0.3) is 6.08 Å². The van der Waals surface area contributed by atoms with E-state index < -0.39 is 5.91 Å². The monoisotopic (exact) mass is 356 g/mol. The lowest BCUT2D eigenvalue weighted by molar-refractivity contribution is -0.114. The van der Waals surface area contributed by atoms with Crippen LogP contribution >= 0.6 is 0 Å². The zero-order valence-electron chi connectivity index (χ0n) is 14.6. The summed E-state index contributed by atoms with van der Waals surface area (Å²) in [6, 6.07) is 19.5. The molecule has 1 amide bonds. The number of nitrogens with zero attached hydrogens (tertiary/aromatic N) is 4. The summed E-state index contributed by atoms with van der Waals surface area (Å²) in [4.78, 5) is 22.9. The smallest absolute Gasteiger partial charge is 0.275 e. The molecule has 2 aromatic heterocycles. The van der Waals surface area contributed by atoms with Crippen LogP contribution in [0, 0.1) is 11.3 Å². The summed E-state index contributed by atoms with van der Waals surface area (Å²) in [6.45, 7) is 0. The molecule has 0 bridgehead atoms. The molecule has 0 unspecified atom stereocenters. The fourth-order valence-corrected chi connectivity index (χ4v) is 2.43. The van der Waals surface area contributed by atoms with Gasteiger partial charge < -0.3 is 4.74 Å². The van der Waals surface area contributed by atoms with E-state index in [1.807, 2.05) is 6.07 Å². The van der Waals surface area contributed by atoms with Crippen molar-refractivity contribution in [1.29, 1.82) is 5.26 Å². The van der Waals surface area contributed by atoms with E-state index in [0.29, 0.717) is 22.9 Å². The normalized spacial score (nSPS) is 10.7. The number of pyridine rings is 2. The number of benzene rings is 1. The highest BCUT2D eigenvalue weighted by Gasteiger charge is 2.23. The van der Waals surface area contributed by atoms with Crippen molar-refractivity contribution in [3.05, 3.63) is 84.2 Å². The largest absolute Gasteiger partial charge is 0.497 e. The zero-order chi connectivity index (χ0) is 19.1. The topological polar surface area (TPSA) is 79.1 Å². The molecule has 0 aliphatic heterocycles. The first-order chi connectivity index (χ1) is 13.2. The van der Waals surface area contributed by atoms with E-state index in [-0.39, 0.29) is 5.57 Å². The second-order valence-electron chi connectivity index (χ2n) is 5.46. The molecule has 1 aromatic carbocycles. The minimum absolute atomic E-state index is 0.0310. The third-order valence-corrected chi connectivity index (χ3v) is 3.74. The van der Waals surface area contributed by atoms with E-state index in [4.69, 9.17) is 4.74 Å². The van der Waals surface area contributed by atoms with Crippen LogP contribution in [0.2, 0.25) is 0 Å². The molecule has 3 rings (SSSR count). The van der Waals surface area contributed by atoms with Crippen LogP contribution in [0.3, 0.4) is 0 Å². The number of hydrogen-bond donors (Lipinski definition) is 0. The van der Waals surface area contributed by atoms with Crippen molar-refractivity contribution in [2.45, 2.75) is 0 Å². The Bertz CT molecular complexity index is 939. The van der Waals surface area contributed by atoms with E-state index >= 15 is 0 Å². The summed E-state index contributed by atoms with van der Waals surface area (Å²) in [5, 5.41) is 9.57. The maximum absolute atomic E-state index is 13.1. The van der Waals surface area contributed by atoms with Crippen molar-refractivity contribution in [3.63, 3.8) is 0 Å². The Morgan fingerprint density at radius 2 is 1.59 bits per heavy atom. The van der Waals surface area contributed by atoms with Gasteiger partial charge in [-0.15, -0.1) is 0 Å². The fraction of sp³-hybridized carbons (Fsp3) is 0.0476. The van der Waals surface area contributed by atoms with Gasteiger partial charge in [0.05, 0.1) is 7.11 Å². The second kappa shape index (κ2) is 8.41. The molecule has 0 saturated heterocycles. The van der Waals surface area contributed by atoms with Crippen LogP contribution < -0.4 is 9.64 Å². The molecule has 0 atom stereocenters. The molecular formula is C21H16N4O2. The van der Waals surface area contributed by atoms with Gasteiger partial charge in [0.1, 0.15) is 29.0 Å². The average Bonchev–Trinajstić information content (AvgIpc) is 2.74. The van der Waals surface area contributed by atoms with E-state index in [1.54, 1.807) is 80.2 Å². The zero-order valence-corrected chi connectivity index (χ0v) is 14.6. The molecule has 0 fully saturated rings. The van der Waals surface area contributed by atoms with Crippen LogP contribution in [-0.2, 0) is 4.79 Å². The van der Waals surface area contributed by atoms with Crippen molar-refractivity contribution in [3.8, 4) is 11.8 Å². The first-order valence-corrected chi connectivity index (χ1v) is 8.15. The van der Waals surface area contributed by atoms with Gasteiger partial charge in [0.2, 0.25) is 0 Å². The number of amides is 1. The third-order valence-electron chi connectivity index (χ3n) is 3.74. The summed E-state index contributed by atoms with van der Waals surface area (Å²) in [5.41, 5.74) is 0.680. The van der Waals surface area contributed by atoms with Gasteiger partial charge in [0.15, 0.2) is 0 Å². The van der Waals surface area contributed by atoms with Crippen LogP contribution in [0.5, 0.6) is 5.75 Å². The first-order valence-electron chi connectivity index (χ1n) is 8.15. The van der Waals surface area contributed by atoms with Crippen LogP contribution in [0.4, 0.5) is 11.6 Å². The van der Waals surface area contributed by atoms with Crippen molar-refractivity contribution >= 4 is 23.6 Å². The molecule has 0 radical (unpaired) electrons. The molecule has 6 heteroatoms. The van der Waals surface area contributed by atoms with Gasteiger partial charge >= 0.3 is 0 Å². The predicted octanol–water partition coefficient (Wildman–Crippen LogP) is 3.76. The Kier molecular flexibility index (Phi) is 5.55. The highest BCUT2D eigenvalue weighted by molar-refractivity contribution is 6.14. The lowest BCUT2D eigenvalue weighted by Crippen LogP contribution is -2.28. The van der Waals surface area contributed by atoms with E-state index in [0.717, 1.165) is 0 Å². The summed E-state index contributed by atoms with van der Waals surface area (Å²) in [7, 11) is 1.58. The SMILES string of the molecule is COc1ccc(/C=C(/C#N)C(=O)N(c2ccccn2)c2ccccn2)cc1. The maximum atomic E-state index is 13.1. The summed E-state index contributed by atoms with van der Waals surface area (Å²) in [6.07, 6.45) is 4.69. The van der Waals surface area contributed by atoms with Gasteiger partial charge in [0, 0.05) is 12.4 Å². The van der Waals surface area contributed by atoms with Gasteiger partial charge in [-0.25, -0.2) is 14.9 Å². The molecule has 0 aliphatic rings. The minimum atomic E-state index is -0.509. The molecule has 0 aliphatic carbocycles. The lowest BCUT2D eigenvalue weighted by atomic mass is 10.1. The summed E-state index contributed by atoms with van der Waals surface area (Å²) in [5.74, 6) is 0.959. The number of rotatable bonds is 5. The van der Waals surface area contributed by atoms with Gasteiger partial charge in [-0.1, -0.05) is 24.3 Å². The number of hydrogen-bond acceptors (Lipinski definition) is 5. The number of aromatic nitrogens is 2. The number of carbonyl (C=O) groups excluding carboxylic acids is 1. The standard InChI is InChI=1S/C21H16N4O2/c1-27-18-10-8-16(9-11-18)14-17(15-22)21(26)25(19-6-2-4-12-23-19)20-7-3-5-13-24-20/h2-14H,1H3/b17-14-. The molecule has 2 heterocycles. The van der Waals surface area contributed by atoms with E-state index in [2.05, 4.69) is 9.97 Å². The molecule has 3 aromatic rings. The maximum Gasteiger partial charge on any atom is 0.275 e. The minimum Gasteiger partial charge on any atom is -0.497 e. The number of ether oxygens (including phenoxy) is 1. The fourth-order valence-electron chi connectivity index (χ4n) is 2.43. The molecule has 0 N–H and O–H groups in total. The molecule has 6 nitrogen and oxygen atoms in total. The van der Waals surface area contributed by atoms with Crippen molar-refractivity contribution < 1.29 is 9.53 Å². The number of methoxy groups -OCH3 is 1. The van der Waals surface area contributed by atoms with Crippen LogP contribution in [0.15, 0.2) is 78.6 Å². The Morgan fingerprint density at radius 1 is 1.00 bits per heavy atom. The van der Waals surface area contributed by atoms with E-state index in [1.165, 1.54) is 11.0 Å². The van der Waals surface area contributed by atoms with Crippen LogP contribution in [-0.4, -0.2) is 23.0 Å². The molecule has 132 valence electrons. The quantitative estimate of drug-likeness (QED) is 0.514. The van der Waals surface area contributed by atoms with Gasteiger partial charge in [-0.05, 0) is 48.0 Å². The van der Waals surface area contributed by atoms with Crippen molar-refractivity contribution in [2.75, 3.05) is 12.0 Å². The number of anilines is 2. The summed E-state index contributed by atoms with van der Waals surface area (Å²) >= 11 is 0. The molecule has 0 spiro atoms. The number of nitriles is 1. The highest BCUT2D eigenvalue weighted by atomic mass is 16.5. The Hall–Kier alpha value is -3.98. The van der Waals surface area contributed by atoms with E-state index in [9.17, 15) is 10.1 Å². The molecule has 27 heavy (non-hydrogen) atoms. The lowest BCUT2D eigenvalue weighted by Gasteiger charge is -2.20. The summed E-state index contributed by atoms with van der Waals surface area (Å²) < 4.78 is 5.12.